The highest BCUT2D eigenvalue weighted by molar-refractivity contribution is 7.99. The van der Waals surface area contributed by atoms with E-state index in [1.807, 2.05) is 18.2 Å². The fourth-order valence-electron chi connectivity index (χ4n) is 1.99. The van der Waals surface area contributed by atoms with E-state index in [2.05, 4.69) is 15.3 Å². The average molecular weight is 349 g/mol. The van der Waals surface area contributed by atoms with Gasteiger partial charge in [-0.15, -0.1) is 0 Å². The van der Waals surface area contributed by atoms with E-state index in [1.165, 1.54) is 24.0 Å². The van der Waals surface area contributed by atoms with Crippen LogP contribution in [0.5, 0.6) is 11.5 Å². The van der Waals surface area contributed by atoms with Crippen molar-refractivity contribution in [2.75, 3.05) is 26.5 Å². The number of carbonyl (C=O) groups excluding carboxylic acids is 1. The van der Waals surface area contributed by atoms with Crippen molar-refractivity contribution in [2.24, 2.45) is 0 Å². The summed E-state index contributed by atoms with van der Waals surface area (Å²) >= 11 is 1.18. The van der Waals surface area contributed by atoms with Gasteiger partial charge in [-0.05, 0) is 24.1 Å². The molecule has 128 valence electrons. The lowest BCUT2D eigenvalue weighted by atomic mass is 10.1. The molecule has 7 nitrogen and oxygen atoms in total. The van der Waals surface area contributed by atoms with Crippen LogP contribution in [-0.2, 0) is 11.2 Å². The van der Waals surface area contributed by atoms with E-state index in [0.717, 1.165) is 5.56 Å². The van der Waals surface area contributed by atoms with E-state index in [0.29, 0.717) is 29.6 Å². The molecule has 0 unspecified atom stereocenters. The predicted molar refractivity (Wildman–Crippen MR) is 91.8 cm³/mol. The molecule has 2 aromatic rings. The number of thioether (sulfide) groups is 1. The second-order valence-electron chi connectivity index (χ2n) is 4.82. The molecule has 0 radical (unpaired) electrons. The van der Waals surface area contributed by atoms with Crippen LogP contribution in [0.25, 0.3) is 0 Å². The minimum Gasteiger partial charge on any atom is -0.493 e. The van der Waals surface area contributed by atoms with Gasteiger partial charge in [-0.25, -0.2) is 4.98 Å². The summed E-state index contributed by atoms with van der Waals surface area (Å²) in [4.78, 5) is 29.5. The molecule has 0 fully saturated rings. The molecule has 1 amide bonds. The van der Waals surface area contributed by atoms with Gasteiger partial charge in [0.05, 0.1) is 20.0 Å². The molecular weight excluding hydrogens is 330 g/mol. The Hall–Kier alpha value is -2.48. The monoisotopic (exact) mass is 349 g/mol. The van der Waals surface area contributed by atoms with E-state index < -0.39 is 0 Å². The molecule has 24 heavy (non-hydrogen) atoms. The minimum absolute atomic E-state index is 0.119. The third-order valence-corrected chi connectivity index (χ3v) is 4.06. The number of carbonyl (C=O) groups is 1. The van der Waals surface area contributed by atoms with E-state index in [-0.39, 0.29) is 17.2 Å². The number of nitrogens with one attached hydrogen (secondary N) is 2. The average Bonchev–Trinajstić information content (AvgIpc) is 2.60. The zero-order chi connectivity index (χ0) is 17.4. The van der Waals surface area contributed by atoms with Crippen LogP contribution in [0, 0.1) is 0 Å². The summed E-state index contributed by atoms with van der Waals surface area (Å²) in [5.74, 6) is 1.41. The lowest BCUT2D eigenvalue weighted by Crippen LogP contribution is -2.27. The molecule has 0 saturated heterocycles. The highest BCUT2D eigenvalue weighted by atomic mass is 32.2. The van der Waals surface area contributed by atoms with Crippen molar-refractivity contribution in [3.63, 3.8) is 0 Å². The highest BCUT2D eigenvalue weighted by Crippen LogP contribution is 2.27. The Kier molecular flexibility index (Phi) is 6.68. The van der Waals surface area contributed by atoms with Crippen molar-refractivity contribution in [3.8, 4) is 11.5 Å². The van der Waals surface area contributed by atoms with Crippen LogP contribution in [0.2, 0.25) is 0 Å². The number of hydrogen-bond donors (Lipinski definition) is 2. The van der Waals surface area contributed by atoms with Gasteiger partial charge in [0.15, 0.2) is 16.7 Å². The van der Waals surface area contributed by atoms with Crippen LogP contribution in [0.3, 0.4) is 0 Å². The van der Waals surface area contributed by atoms with Crippen molar-refractivity contribution in [1.82, 2.24) is 15.3 Å². The maximum absolute atomic E-state index is 11.8. The number of aromatic nitrogens is 2. The Labute approximate surface area is 143 Å². The smallest absolute Gasteiger partial charge is 0.251 e. The summed E-state index contributed by atoms with van der Waals surface area (Å²) in [5.41, 5.74) is 0.802. The summed E-state index contributed by atoms with van der Waals surface area (Å²) in [6.45, 7) is 0.508. The molecule has 0 bridgehead atoms. The second-order valence-corrected chi connectivity index (χ2v) is 5.78. The Balaban J connectivity index is 1.77. The van der Waals surface area contributed by atoms with Gasteiger partial charge >= 0.3 is 0 Å². The quantitative estimate of drug-likeness (QED) is 0.550. The fraction of sp³-hybridized carbons (Fsp3) is 0.312. The van der Waals surface area contributed by atoms with Gasteiger partial charge in [-0.3, -0.25) is 9.59 Å². The van der Waals surface area contributed by atoms with Crippen LogP contribution in [0.15, 0.2) is 40.4 Å². The first-order chi connectivity index (χ1) is 11.6. The second kappa shape index (κ2) is 8.97. The fourth-order valence-corrected chi connectivity index (χ4v) is 2.67. The molecule has 1 heterocycles. The van der Waals surface area contributed by atoms with E-state index in [4.69, 9.17) is 9.47 Å². The number of nitrogens with zero attached hydrogens (tertiary/aromatic N) is 1. The third kappa shape index (κ3) is 5.31. The molecule has 1 aromatic carbocycles. The van der Waals surface area contributed by atoms with Crippen molar-refractivity contribution < 1.29 is 14.3 Å². The molecule has 1 aromatic heterocycles. The molecule has 0 spiro atoms. The first kappa shape index (κ1) is 17.9. The van der Waals surface area contributed by atoms with Gasteiger partial charge < -0.3 is 19.8 Å². The molecular formula is C16H19N3O4S. The molecule has 0 aliphatic heterocycles. The van der Waals surface area contributed by atoms with Gasteiger partial charge in [0.25, 0.3) is 5.56 Å². The van der Waals surface area contributed by atoms with E-state index in [9.17, 15) is 9.59 Å². The molecule has 0 saturated carbocycles. The lowest BCUT2D eigenvalue weighted by Gasteiger charge is -2.10. The van der Waals surface area contributed by atoms with Gasteiger partial charge in [0, 0.05) is 18.8 Å². The van der Waals surface area contributed by atoms with Gasteiger partial charge in [-0.2, -0.15) is 0 Å². The maximum Gasteiger partial charge on any atom is 0.251 e. The molecule has 2 rings (SSSR count). The summed E-state index contributed by atoms with van der Waals surface area (Å²) in [5, 5.41) is 3.26. The SMILES string of the molecule is COc1ccc(CCNC(=O)CSc2nccc(=O)[nH]2)cc1OC. The van der Waals surface area contributed by atoms with Gasteiger partial charge in [0.1, 0.15) is 0 Å². The summed E-state index contributed by atoms with van der Waals surface area (Å²) in [6, 6.07) is 6.98. The van der Waals surface area contributed by atoms with Gasteiger partial charge in [-0.1, -0.05) is 17.8 Å². The number of H-pyrrole nitrogens is 1. The summed E-state index contributed by atoms with van der Waals surface area (Å²) in [7, 11) is 3.17. The topological polar surface area (TPSA) is 93.3 Å². The number of methoxy groups -OCH3 is 2. The highest BCUT2D eigenvalue weighted by Gasteiger charge is 2.06. The standard InChI is InChI=1S/C16H19N3O4S/c1-22-12-4-3-11(9-13(12)23-2)5-7-17-15(21)10-24-16-18-8-6-14(20)19-16/h3-4,6,8-9H,5,7,10H2,1-2H3,(H,17,21)(H,18,19,20). The normalized spacial score (nSPS) is 10.2. The third-order valence-electron chi connectivity index (χ3n) is 3.17. The number of amides is 1. The summed E-state index contributed by atoms with van der Waals surface area (Å²) in [6.07, 6.45) is 2.09. The number of benzene rings is 1. The predicted octanol–water partition coefficient (Wildman–Crippen LogP) is 1.24. The number of ether oxygens (including phenoxy) is 2. The van der Waals surface area contributed by atoms with Crippen molar-refractivity contribution in [1.29, 1.82) is 0 Å². The van der Waals surface area contributed by atoms with Crippen molar-refractivity contribution >= 4 is 17.7 Å². The Morgan fingerprint density at radius 1 is 1.25 bits per heavy atom. The Bertz CT molecular complexity index is 748. The van der Waals surface area contributed by atoms with Crippen molar-refractivity contribution in [3.05, 3.63) is 46.4 Å². The Morgan fingerprint density at radius 3 is 2.75 bits per heavy atom. The van der Waals surface area contributed by atoms with Crippen LogP contribution in [0.4, 0.5) is 0 Å². The van der Waals surface area contributed by atoms with Crippen LogP contribution in [0.1, 0.15) is 5.56 Å². The maximum atomic E-state index is 11.8. The van der Waals surface area contributed by atoms with Crippen molar-refractivity contribution in [2.45, 2.75) is 11.6 Å². The van der Waals surface area contributed by atoms with Crippen LogP contribution in [-0.4, -0.2) is 42.4 Å². The van der Waals surface area contributed by atoms with Crippen LogP contribution < -0.4 is 20.3 Å². The number of aromatic amines is 1. The number of rotatable bonds is 8. The van der Waals surface area contributed by atoms with Gasteiger partial charge in [0.2, 0.25) is 5.91 Å². The molecule has 0 atom stereocenters. The first-order valence-electron chi connectivity index (χ1n) is 7.28. The zero-order valence-electron chi connectivity index (χ0n) is 13.5. The Morgan fingerprint density at radius 2 is 2.04 bits per heavy atom. The lowest BCUT2D eigenvalue weighted by molar-refractivity contribution is -0.118. The first-order valence-corrected chi connectivity index (χ1v) is 8.26. The van der Waals surface area contributed by atoms with E-state index >= 15 is 0 Å². The molecule has 0 aliphatic rings. The van der Waals surface area contributed by atoms with Crippen LogP contribution >= 0.6 is 11.8 Å². The minimum atomic E-state index is -0.235. The largest absolute Gasteiger partial charge is 0.493 e. The summed E-state index contributed by atoms with van der Waals surface area (Å²) < 4.78 is 10.4. The van der Waals surface area contributed by atoms with E-state index in [1.54, 1.807) is 14.2 Å². The molecule has 0 aliphatic carbocycles. The molecule has 8 heteroatoms. The zero-order valence-corrected chi connectivity index (χ0v) is 14.3. The molecule has 2 N–H and O–H groups in total. The number of hydrogen-bond acceptors (Lipinski definition) is 6.